The van der Waals surface area contributed by atoms with Crippen molar-refractivity contribution in [1.82, 2.24) is 15.0 Å². The van der Waals surface area contributed by atoms with Crippen molar-refractivity contribution in [3.05, 3.63) is 16.1 Å². The van der Waals surface area contributed by atoms with Crippen LogP contribution in [0.1, 0.15) is 19.8 Å². The third kappa shape index (κ3) is 2.84. The molecule has 0 saturated carbocycles. The molecule has 1 fully saturated rings. The third-order valence-corrected chi connectivity index (χ3v) is 4.87. The van der Waals surface area contributed by atoms with Crippen LogP contribution in [0.3, 0.4) is 0 Å². The normalized spacial score (nSPS) is 19.0. The minimum Gasteiger partial charge on any atom is -0.356 e. The maximum absolute atomic E-state index is 14.3. The molecule has 0 bridgehead atoms. The predicted octanol–water partition coefficient (Wildman–Crippen LogP) is 4.43. The second kappa shape index (κ2) is 6.34. The Morgan fingerprint density at radius 3 is 2.68 bits per heavy atom. The Morgan fingerprint density at radius 1 is 1.23 bits per heavy atom. The molecule has 1 aliphatic rings. The summed E-state index contributed by atoms with van der Waals surface area (Å²) in [7, 11) is 0. The first kappa shape index (κ1) is 16.0. The van der Waals surface area contributed by atoms with Gasteiger partial charge in [-0.3, -0.25) is 0 Å². The lowest BCUT2D eigenvalue weighted by Crippen LogP contribution is -2.35. The molecule has 3 rings (SSSR count). The van der Waals surface area contributed by atoms with Gasteiger partial charge in [0.05, 0.1) is 5.39 Å². The Morgan fingerprint density at radius 2 is 2.00 bits per heavy atom. The molecule has 0 N–H and O–H groups in total. The first-order valence-electron chi connectivity index (χ1n) is 7.02. The van der Waals surface area contributed by atoms with Crippen LogP contribution >= 0.6 is 35.0 Å². The highest BCUT2D eigenvalue weighted by atomic mass is 35.5. The zero-order chi connectivity index (χ0) is 15.9. The van der Waals surface area contributed by atoms with Gasteiger partial charge < -0.3 is 4.90 Å². The monoisotopic (exact) mass is 360 g/mol. The summed E-state index contributed by atoms with van der Waals surface area (Å²) in [6.45, 7) is 3.92. The fourth-order valence-corrected chi connectivity index (χ4v) is 3.60. The van der Waals surface area contributed by atoms with Gasteiger partial charge in [0.2, 0.25) is 0 Å². The SMILES string of the molecule is CSc1nc(N2CCCC(C)C2)c2c(Cl)nc(Cl)c(F)c2n1. The number of nitrogens with zero attached hydrogens (tertiary/aromatic N) is 4. The predicted molar refractivity (Wildman–Crippen MR) is 89.7 cm³/mol. The van der Waals surface area contributed by atoms with Crippen molar-refractivity contribution in [3.63, 3.8) is 0 Å². The maximum Gasteiger partial charge on any atom is 0.189 e. The fraction of sp³-hybridized carbons (Fsp3) is 0.500. The van der Waals surface area contributed by atoms with Crippen LogP contribution in [0.5, 0.6) is 0 Å². The zero-order valence-electron chi connectivity index (χ0n) is 12.2. The number of rotatable bonds is 2. The highest BCUT2D eigenvalue weighted by Gasteiger charge is 2.25. The molecule has 1 aliphatic heterocycles. The quantitative estimate of drug-likeness (QED) is 0.450. The van der Waals surface area contributed by atoms with Crippen LogP contribution in [0.2, 0.25) is 10.3 Å². The van der Waals surface area contributed by atoms with Crippen LogP contribution in [0.25, 0.3) is 10.9 Å². The summed E-state index contributed by atoms with van der Waals surface area (Å²) in [6, 6.07) is 0. The molecule has 2 aromatic heterocycles. The van der Waals surface area contributed by atoms with Crippen molar-refractivity contribution in [2.75, 3.05) is 24.2 Å². The van der Waals surface area contributed by atoms with Gasteiger partial charge >= 0.3 is 0 Å². The molecule has 0 amide bonds. The van der Waals surface area contributed by atoms with Crippen LogP contribution < -0.4 is 4.90 Å². The summed E-state index contributed by atoms with van der Waals surface area (Å²) in [5.74, 6) is 0.555. The third-order valence-electron chi connectivity index (χ3n) is 3.80. The Balaban J connectivity index is 2.25. The number of aromatic nitrogens is 3. The highest BCUT2D eigenvalue weighted by Crippen LogP contribution is 2.36. The average Bonchev–Trinajstić information content (AvgIpc) is 2.51. The minimum atomic E-state index is -0.648. The molecule has 1 saturated heterocycles. The molecule has 0 spiro atoms. The van der Waals surface area contributed by atoms with E-state index in [0.29, 0.717) is 22.3 Å². The van der Waals surface area contributed by atoms with E-state index in [4.69, 9.17) is 23.2 Å². The van der Waals surface area contributed by atoms with E-state index in [1.165, 1.54) is 18.2 Å². The van der Waals surface area contributed by atoms with Crippen molar-refractivity contribution < 1.29 is 4.39 Å². The molecular weight excluding hydrogens is 346 g/mol. The summed E-state index contributed by atoms with van der Waals surface area (Å²) in [6.07, 6.45) is 4.11. The Kier molecular flexibility index (Phi) is 4.61. The Labute approximate surface area is 142 Å². The summed E-state index contributed by atoms with van der Waals surface area (Å²) >= 11 is 13.4. The number of anilines is 1. The lowest BCUT2D eigenvalue weighted by atomic mass is 10.00. The van der Waals surface area contributed by atoms with Crippen LogP contribution in [-0.4, -0.2) is 34.3 Å². The van der Waals surface area contributed by atoms with Gasteiger partial charge in [0, 0.05) is 13.1 Å². The Bertz CT molecular complexity index is 728. The number of halogens is 3. The number of piperidine rings is 1. The first-order chi connectivity index (χ1) is 10.5. The number of pyridine rings is 1. The van der Waals surface area contributed by atoms with Crippen LogP contribution in [0.15, 0.2) is 5.16 Å². The van der Waals surface area contributed by atoms with E-state index in [-0.39, 0.29) is 15.8 Å². The number of hydrogen-bond acceptors (Lipinski definition) is 5. The second-order valence-electron chi connectivity index (χ2n) is 5.46. The van der Waals surface area contributed by atoms with E-state index in [0.717, 1.165) is 19.5 Å². The van der Waals surface area contributed by atoms with Gasteiger partial charge in [-0.1, -0.05) is 41.9 Å². The van der Waals surface area contributed by atoms with E-state index >= 15 is 0 Å². The minimum absolute atomic E-state index is 0.137. The molecule has 1 atom stereocenters. The topological polar surface area (TPSA) is 41.9 Å². The molecule has 3 heterocycles. The van der Waals surface area contributed by atoms with E-state index in [1.807, 2.05) is 6.26 Å². The number of thioether (sulfide) groups is 1. The second-order valence-corrected chi connectivity index (χ2v) is 6.95. The van der Waals surface area contributed by atoms with E-state index in [9.17, 15) is 4.39 Å². The smallest absolute Gasteiger partial charge is 0.189 e. The summed E-state index contributed by atoms with van der Waals surface area (Å²) in [5.41, 5.74) is 0.137. The molecule has 1 unspecified atom stereocenters. The molecule has 22 heavy (non-hydrogen) atoms. The van der Waals surface area contributed by atoms with Crippen molar-refractivity contribution in [2.45, 2.75) is 24.9 Å². The van der Waals surface area contributed by atoms with Gasteiger partial charge in [-0.15, -0.1) is 0 Å². The van der Waals surface area contributed by atoms with E-state index in [1.54, 1.807) is 0 Å². The summed E-state index contributed by atoms with van der Waals surface area (Å²) in [4.78, 5) is 14.8. The van der Waals surface area contributed by atoms with Crippen molar-refractivity contribution >= 4 is 51.7 Å². The Hall–Kier alpha value is -0.850. The summed E-state index contributed by atoms with van der Waals surface area (Å²) < 4.78 is 14.3. The van der Waals surface area contributed by atoms with Crippen LogP contribution in [-0.2, 0) is 0 Å². The molecule has 0 aromatic carbocycles. The van der Waals surface area contributed by atoms with Gasteiger partial charge in [0.25, 0.3) is 0 Å². The van der Waals surface area contributed by atoms with Crippen molar-refractivity contribution in [2.24, 2.45) is 5.92 Å². The van der Waals surface area contributed by atoms with Gasteiger partial charge in [-0.2, -0.15) is 0 Å². The van der Waals surface area contributed by atoms with Gasteiger partial charge in [0.15, 0.2) is 16.1 Å². The largest absolute Gasteiger partial charge is 0.356 e. The van der Waals surface area contributed by atoms with Crippen molar-refractivity contribution in [1.29, 1.82) is 0 Å². The van der Waals surface area contributed by atoms with E-state index < -0.39 is 5.82 Å². The maximum atomic E-state index is 14.3. The molecule has 118 valence electrons. The van der Waals surface area contributed by atoms with Crippen LogP contribution in [0, 0.1) is 11.7 Å². The average molecular weight is 361 g/mol. The van der Waals surface area contributed by atoms with Gasteiger partial charge in [0.1, 0.15) is 16.5 Å². The molecular formula is C14H15Cl2FN4S. The lowest BCUT2D eigenvalue weighted by molar-refractivity contribution is 0.444. The summed E-state index contributed by atoms with van der Waals surface area (Å²) in [5, 5.41) is 0.817. The molecule has 8 heteroatoms. The van der Waals surface area contributed by atoms with Gasteiger partial charge in [-0.25, -0.2) is 19.3 Å². The highest BCUT2D eigenvalue weighted by molar-refractivity contribution is 7.98. The zero-order valence-corrected chi connectivity index (χ0v) is 14.6. The number of fused-ring (bicyclic) bond motifs is 1. The molecule has 0 aliphatic carbocycles. The molecule has 0 radical (unpaired) electrons. The van der Waals surface area contributed by atoms with Crippen LogP contribution in [0.4, 0.5) is 10.2 Å². The standard InChI is InChI=1S/C14H15Cl2FN4S/c1-7-4-3-5-21(6-7)13-8-10(18-14(20-13)22-2)9(17)12(16)19-11(8)15/h7H,3-6H2,1-2H3. The fourth-order valence-electron chi connectivity index (χ4n) is 2.77. The lowest BCUT2D eigenvalue weighted by Gasteiger charge is -2.32. The van der Waals surface area contributed by atoms with Crippen molar-refractivity contribution in [3.8, 4) is 0 Å². The van der Waals surface area contributed by atoms with Gasteiger partial charge in [-0.05, 0) is 25.0 Å². The first-order valence-corrected chi connectivity index (χ1v) is 9.00. The number of hydrogen-bond donors (Lipinski definition) is 0. The molecule has 4 nitrogen and oxygen atoms in total. The molecule has 2 aromatic rings. The van der Waals surface area contributed by atoms with E-state index in [2.05, 4.69) is 26.8 Å².